The number of aryl methyl sites for hydroxylation is 1. The lowest BCUT2D eigenvalue weighted by Gasteiger charge is -2.27. The molecule has 0 aliphatic carbocycles. The van der Waals surface area contributed by atoms with Crippen LogP contribution in [-0.2, 0) is 0 Å². The molecule has 90 valence electrons. The minimum absolute atomic E-state index is 0.903. The molecule has 1 heterocycles. The van der Waals surface area contributed by atoms with E-state index >= 15 is 0 Å². The van der Waals surface area contributed by atoms with Crippen LogP contribution >= 0.6 is 0 Å². The molecule has 0 atom stereocenters. The van der Waals surface area contributed by atoms with Gasteiger partial charge in [-0.1, -0.05) is 0 Å². The minimum atomic E-state index is 0.903. The Morgan fingerprint density at radius 3 is 2.29 bits per heavy atom. The number of nitrogens with one attached hydrogen (secondary N) is 1. The van der Waals surface area contributed by atoms with Crippen molar-refractivity contribution in [2.45, 2.75) is 13.8 Å². The highest BCUT2D eigenvalue weighted by Crippen LogP contribution is 2.24. The summed E-state index contributed by atoms with van der Waals surface area (Å²) in [5.74, 6) is 0. The number of hydrogen-bond donors (Lipinski definition) is 1. The number of H-pyrrole nitrogens is 1. The second-order valence-electron chi connectivity index (χ2n) is 4.98. The summed E-state index contributed by atoms with van der Waals surface area (Å²) >= 11 is 0. The van der Waals surface area contributed by atoms with E-state index in [9.17, 15) is 0 Å². The van der Waals surface area contributed by atoms with Crippen molar-refractivity contribution in [3.05, 3.63) is 36.0 Å². The summed E-state index contributed by atoms with van der Waals surface area (Å²) in [6, 6.07) is 10.7. The number of aromatic nitrogens is 2. The molecule has 17 heavy (non-hydrogen) atoms. The molecule has 0 bridgehead atoms. The summed E-state index contributed by atoms with van der Waals surface area (Å²) in [5, 5.41) is 7.24. The molecule has 0 fully saturated rings. The van der Waals surface area contributed by atoms with Gasteiger partial charge in [0.1, 0.15) is 5.69 Å². The lowest BCUT2D eigenvalue weighted by Crippen LogP contribution is -2.39. The molecule has 2 rings (SSSR count). The second kappa shape index (κ2) is 4.34. The highest BCUT2D eigenvalue weighted by atomic mass is 15.3. The molecule has 0 aliphatic rings. The molecule has 3 heteroatoms. The molecule has 2 aromatic rings. The Bertz CT molecular complexity index is 494. The van der Waals surface area contributed by atoms with Gasteiger partial charge in [-0.2, -0.15) is 5.10 Å². The molecular formula is C14H20N3+. The molecule has 1 aromatic carbocycles. The van der Waals surface area contributed by atoms with Crippen LogP contribution in [0.25, 0.3) is 11.3 Å². The first-order valence-electron chi connectivity index (χ1n) is 5.99. The van der Waals surface area contributed by atoms with Gasteiger partial charge in [0.05, 0.1) is 26.3 Å². The number of aromatic amines is 1. The van der Waals surface area contributed by atoms with Crippen LogP contribution in [0.4, 0.5) is 5.69 Å². The van der Waals surface area contributed by atoms with Crippen LogP contribution in [0, 0.1) is 6.92 Å². The van der Waals surface area contributed by atoms with E-state index in [4.69, 9.17) is 0 Å². The normalized spacial score (nSPS) is 11.8. The quantitative estimate of drug-likeness (QED) is 0.807. The Balaban J connectivity index is 2.30. The first-order chi connectivity index (χ1) is 8.03. The van der Waals surface area contributed by atoms with E-state index in [0.717, 1.165) is 28.0 Å². The van der Waals surface area contributed by atoms with Crippen molar-refractivity contribution in [1.82, 2.24) is 14.7 Å². The van der Waals surface area contributed by atoms with Gasteiger partial charge >= 0.3 is 0 Å². The maximum absolute atomic E-state index is 4.27. The first kappa shape index (κ1) is 11.9. The second-order valence-corrected chi connectivity index (χ2v) is 4.98. The van der Waals surface area contributed by atoms with Gasteiger partial charge in [0.2, 0.25) is 0 Å². The standard InChI is InChI=1S/C14H20N3/c1-5-17(3,4)13-8-6-12(7-9-13)14-10-11(2)15-16-14/h6-10H,5H2,1-4H3,(H,15,16)/q+1. The summed E-state index contributed by atoms with van der Waals surface area (Å²) < 4.78 is 0.903. The zero-order valence-corrected chi connectivity index (χ0v) is 11.0. The smallest absolute Gasteiger partial charge is 0.132 e. The third-order valence-corrected chi connectivity index (χ3v) is 3.36. The molecular weight excluding hydrogens is 210 g/mol. The van der Waals surface area contributed by atoms with Gasteiger partial charge in [0.25, 0.3) is 0 Å². The lowest BCUT2D eigenvalue weighted by atomic mass is 10.1. The fourth-order valence-electron chi connectivity index (χ4n) is 1.78. The monoisotopic (exact) mass is 230 g/mol. The predicted molar refractivity (Wildman–Crippen MR) is 72.9 cm³/mol. The molecule has 0 unspecified atom stereocenters. The van der Waals surface area contributed by atoms with Crippen LogP contribution in [0.15, 0.2) is 30.3 Å². The number of benzene rings is 1. The third-order valence-electron chi connectivity index (χ3n) is 3.36. The lowest BCUT2D eigenvalue weighted by molar-refractivity contribution is 0.421. The van der Waals surface area contributed by atoms with Gasteiger partial charge in [-0.25, -0.2) is 0 Å². The number of rotatable bonds is 3. The van der Waals surface area contributed by atoms with Crippen LogP contribution in [-0.4, -0.2) is 30.8 Å². The molecule has 3 nitrogen and oxygen atoms in total. The van der Waals surface area contributed by atoms with Crippen LogP contribution in [0.5, 0.6) is 0 Å². The van der Waals surface area contributed by atoms with E-state index in [1.54, 1.807) is 0 Å². The van der Waals surface area contributed by atoms with E-state index < -0.39 is 0 Å². The molecule has 0 amide bonds. The highest BCUT2D eigenvalue weighted by Gasteiger charge is 2.15. The van der Waals surface area contributed by atoms with Crippen LogP contribution < -0.4 is 4.48 Å². The predicted octanol–water partition coefficient (Wildman–Crippen LogP) is 2.97. The van der Waals surface area contributed by atoms with Crippen molar-refractivity contribution in [2.75, 3.05) is 20.6 Å². The van der Waals surface area contributed by atoms with Gasteiger partial charge in [-0.05, 0) is 44.2 Å². The fraction of sp³-hybridized carbons (Fsp3) is 0.357. The largest absolute Gasteiger partial charge is 0.296 e. The van der Waals surface area contributed by atoms with E-state index in [-0.39, 0.29) is 0 Å². The zero-order chi connectivity index (χ0) is 12.5. The van der Waals surface area contributed by atoms with E-state index in [1.165, 1.54) is 5.69 Å². The van der Waals surface area contributed by atoms with Gasteiger partial charge in [0, 0.05) is 11.3 Å². The van der Waals surface area contributed by atoms with Crippen molar-refractivity contribution in [3.63, 3.8) is 0 Å². The average molecular weight is 230 g/mol. The van der Waals surface area contributed by atoms with Crippen LogP contribution in [0.3, 0.4) is 0 Å². The Morgan fingerprint density at radius 1 is 1.18 bits per heavy atom. The van der Waals surface area contributed by atoms with Crippen molar-refractivity contribution < 1.29 is 0 Å². The van der Waals surface area contributed by atoms with Crippen molar-refractivity contribution in [3.8, 4) is 11.3 Å². The van der Waals surface area contributed by atoms with Gasteiger partial charge in [-0.15, -0.1) is 0 Å². The van der Waals surface area contributed by atoms with Gasteiger partial charge < -0.3 is 0 Å². The van der Waals surface area contributed by atoms with Gasteiger partial charge in [0.15, 0.2) is 0 Å². The van der Waals surface area contributed by atoms with Crippen molar-refractivity contribution in [2.24, 2.45) is 0 Å². The summed E-state index contributed by atoms with van der Waals surface area (Å²) in [6.45, 7) is 5.30. The molecule has 1 aromatic heterocycles. The SMILES string of the molecule is CC[N+](C)(C)c1ccc(-c2cc(C)[nH]n2)cc1. The van der Waals surface area contributed by atoms with Gasteiger partial charge in [-0.3, -0.25) is 9.58 Å². The Kier molecular flexibility index (Phi) is 3.03. The Labute approximate surface area is 103 Å². The molecule has 1 N–H and O–H groups in total. The number of quaternary nitrogens is 1. The summed E-state index contributed by atoms with van der Waals surface area (Å²) in [5.41, 5.74) is 4.59. The fourth-order valence-corrected chi connectivity index (χ4v) is 1.78. The van der Waals surface area contributed by atoms with Crippen molar-refractivity contribution >= 4 is 5.69 Å². The molecule has 0 radical (unpaired) electrons. The number of nitrogens with zero attached hydrogens (tertiary/aromatic N) is 2. The Hall–Kier alpha value is -1.61. The third kappa shape index (κ3) is 2.39. The van der Waals surface area contributed by atoms with Crippen molar-refractivity contribution in [1.29, 1.82) is 0 Å². The summed E-state index contributed by atoms with van der Waals surface area (Å²) in [4.78, 5) is 0. The molecule has 0 saturated heterocycles. The van der Waals surface area contributed by atoms with E-state index in [0.29, 0.717) is 0 Å². The minimum Gasteiger partial charge on any atom is -0.296 e. The van der Waals surface area contributed by atoms with Crippen LogP contribution in [0.2, 0.25) is 0 Å². The summed E-state index contributed by atoms with van der Waals surface area (Å²) in [6.07, 6.45) is 0. The van der Waals surface area contributed by atoms with Crippen LogP contribution in [0.1, 0.15) is 12.6 Å². The molecule has 0 aliphatic heterocycles. The van der Waals surface area contributed by atoms with E-state index in [1.807, 2.05) is 6.92 Å². The maximum atomic E-state index is 4.27. The maximum Gasteiger partial charge on any atom is 0.132 e. The zero-order valence-electron chi connectivity index (χ0n) is 11.0. The van der Waals surface area contributed by atoms with E-state index in [2.05, 4.69) is 61.5 Å². The molecule has 0 spiro atoms. The number of hydrogen-bond acceptors (Lipinski definition) is 1. The topological polar surface area (TPSA) is 28.7 Å². The summed E-state index contributed by atoms with van der Waals surface area (Å²) in [7, 11) is 4.43. The first-order valence-corrected chi connectivity index (χ1v) is 5.99. The Morgan fingerprint density at radius 2 is 1.82 bits per heavy atom. The molecule has 0 saturated carbocycles. The highest BCUT2D eigenvalue weighted by molar-refractivity contribution is 5.62. The average Bonchev–Trinajstić information content (AvgIpc) is 2.76.